The highest BCUT2D eigenvalue weighted by Crippen LogP contribution is 2.30. The summed E-state index contributed by atoms with van der Waals surface area (Å²) in [6.07, 6.45) is 3.19. The molecule has 0 spiro atoms. The van der Waals surface area contributed by atoms with Gasteiger partial charge in [0.25, 0.3) is 0 Å². The lowest BCUT2D eigenvalue weighted by molar-refractivity contribution is -0.113. The predicted molar refractivity (Wildman–Crippen MR) is 99.2 cm³/mol. The summed E-state index contributed by atoms with van der Waals surface area (Å²) in [7, 11) is 0. The number of benzene rings is 1. The molecule has 10 heteroatoms. The van der Waals surface area contributed by atoms with Crippen LogP contribution in [-0.2, 0) is 4.79 Å². The van der Waals surface area contributed by atoms with Crippen molar-refractivity contribution in [3.05, 3.63) is 52.8 Å². The lowest BCUT2D eigenvalue weighted by Gasteiger charge is -2.06. The Kier molecular flexibility index (Phi) is 5.42. The number of carbonyl (C=O) groups is 1. The van der Waals surface area contributed by atoms with Gasteiger partial charge >= 0.3 is 0 Å². The van der Waals surface area contributed by atoms with Gasteiger partial charge in [-0.25, -0.2) is 4.68 Å². The molecule has 0 fully saturated rings. The maximum Gasteiger partial charge on any atom is 0.234 e. The van der Waals surface area contributed by atoms with Crippen LogP contribution in [0.1, 0.15) is 0 Å². The first-order chi connectivity index (χ1) is 12.0. The summed E-state index contributed by atoms with van der Waals surface area (Å²) >= 11 is 13.2. The van der Waals surface area contributed by atoms with Gasteiger partial charge in [0.1, 0.15) is 0 Å². The molecule has 1 amide bonds. The van der Waals surface area contributed by atoms with Crippen LogP contribution in [0.2, 0.25) is 10.0 Å². The number of amides is 1. The topological polar surface area (TPSA) is 98.7 Å². The van der Waals surface area contributed by atoms with Crippen molar-refractivity contribution in [2.75, 3.05) is 16.9 Å². The van der Waals surface area contributed by atoms with E-state index in [1.54, 1.807) is 42.7 Å². The third-order valence-electron chi connectivity index (χ3n) is 3.11. The first-order valence-electron chi connectivity index (χ1n) is 7.03. The fraction of sp³-hybridized carbons (Fsp3) is 0.0667. The second kappa shape index (κ2) is 7.73. The first-order valence-corrected chi connectivity index (χ1v) is 8.77. The van der Waals surface area contributed by atoms with Crippen molar-refractivity contribution < 1.29 is 4.79 Å². The Balaban J connectivity index is 1.68. The Morgan fingerprint density at radius 1 is 1.28 bits per heavy atom. The highest BCUT2D eigenvalue weighted by Gasteiger charge is 2.16. The summed E-state index contributed by atoms with van der Waals surface area (Å²) < 4.78 is 1.29. The van der Waals surface area contributed by atoms with Gasteiger partial charge < -0.3 is 11.2 Å². The number of nitrogen functional groups attached to an aromatic ring is 1. The maximum atomic E-state index is 12.0. The van der Waals surface area contributed by atoms with Crippen LogP contribution < -0.4 is 11.2 Å². The minimum atomic E-state index is -0.202. The van der Waals surface area contributed by atoms with E-state index in [1.807, 2.05) is 0 Å². The molecule has 7 nitrogen and oxygen atoms in total. The average Bonchev–Trinajstić information content (AvgIpc) is 2.95. The van der Waals surface area contributed by atoms with Crippen molar-refractivity contribution in [2.24, 2.45) is 0 Å². The molecule has 0 aliphatic heterocycles. The van der Waals surface area contributed by atoms with Crippen LogP contribution in [0.4, 0.5) is 5.69 Å². The van der Waals surface area contributed by atoms with Crippen LogP contribution in [0.25, 0.3) is 11.4 Å². The number of nitrogens with zero attached hydrogens (tertiary/aromatic N) is 4. The molecule has 128 valence electrons. The van der Waals surface area contributed by atoms with E-state index in [0.717, 1.165) is 11.8 Å². The number of anilines is 1. The van der Waals surface area contributed by atoms with Crippen LogP contribution in [0.15, 0.2) is 47.9 Å². The first kappa shape index (κ1) is 17.5. The number of thioether (sulfide) groups is 1. The molecule has 0 saturated carbocycles. The molecular weight excluding hydrogens is 383 g/mol. The van der Waals surface area contributed by atoms with Gasteiger partial charge in [0.15, 0.2) is 5.82 Å². The quantitative estimate of drug-likeness (QED) is 0.509. The summed E-state index contributed by atoms with van der Waals surface area (Å²) in [6, 6.07) is 8.48. The molecule has 3 rings (SSSR count). The zero-order valence-corrected chi connectivity index (χ0v) is 15.0. The summed E-state index contributed by atoms with van der Waals surface area (Å²) in [5.74, 6) is 6.33. The number of halogens is 2. The molecule has 25 heavy (non-hydrogen) atoms. The lowest BCUT2D eigenvalue weighted by atomic mass is 10.2. The molecule has 3 aromatic rings. The number of nitrogens with one attached hydrogen (secondary N) is 1. The Morgan fingerprint density at radius 3 is 2.84 bits per heavy atom. The van der Waals surface area contributed by atoms with Gasteiger partial charge in [0.2, 0.25) is 11.1 Å². The number of carbonyl (C=O) groups excluding carboxylic acids is 1. The van der Waals surface area contributed by atoms with Gasteiger partial charge in [-0.05, 0) is 30.3 Å². The predicted octanol–water partition coefficient (Wildman–Crippen LogP) is 3.09. The average molecular weight is 395 g/mol. The van der Waals surface area contributed by atoms with Crippen LogP contribution in [0.5, 0.6) is 0 Å². The van der Waals surface area contributed by atoms with Crippen molar-refractivity contribution in [3.63, 3.8) is 0 Å². The highest BCUT2D eigenvalue weighted by atomic mass is 35.5. The lowest BCUT2D eigenvalue weighted by Crippen LogP contribution is -2.16. The molecule has 0 saturated heterocycles. The summed E-state index contributed by atoms with van der Waals surface area (Å²) in [5, 5.41) is 12.1. The van der Waals surface area contributed by atoms with Gasteiger partial charge in [-0.1, -0.05) is 35.0 Å². The highest BCUT2D eigenvalue weighted by molar-refractivity contribution is 7.99. The molecule has 0 aliphatic carbocycles. The number of hydrogen-bond donors (Lipinski definition) is 2. The fourth-order valence-corrected chi connectivity index (χ4v) is 3.14. The van der Waals surface area contributed by atoms with E-state index in [0.29, 0.717) is 32.3 Å². The van der Waals surface area contributed by atoms with Gasteiger partial charge in [-0.2, -0.15) is 0 Å². The van der Waals surface area contributed by atoms with Crippen molar-refractivity contribution in [3.8, 4) is 11.4 Å². The molecule has 2 heterocycles. The molecule has 0 atom stereocenters. The maximum absolute atomic E-state index is 12.0. The number of nitrogens with two attached hydrogens (primary N) is 1. The van der Waals surface area contributed by atoms with Gasteiger partial charge in [0.05, 0.1) is 22.7 Å². The number of rotatable bonds is 5. The summed E-state index contributed by atoms with van der Waals surface area (Å²) in [6.45, 7) is 0. The van der Waals surface area contributed by atoms with Crippen molar-refractivity contribution >= 4 is 46.6 Å². The third kappa shape index (κ3) is 4.22. The van der Waals surface area contributed by atoms with E-state index in [4.69, 9.17) is 29.0 Å². The van der Waals surface area contributed by atoms with Gasteiger partial charge in [0, 0.05) is 16.8 Å². The van der Waals surface area contributed by atoms with Crippen LogP contribution >= 0.6 is 35.0 Å². The van der Waals surface area contributed by atoms with Crippen LogP contribution in [-0.4, -0.2) is 31.5 Å². The fourth-order valence-electron chi connectivity index (χ4n) is 1.99. The Labute approximate surface area is 157 Å². The van der Waals surface area contributed by atoms with Crippen molar-refractivity contribution in [1.29, 1.82) is 0 Å². The number of pyridine rings is 1. The van der Waals surface area contributed by atoms with E-state index < -0.39 is 0 Å². The molecular formula is C15H12Cl2N6OS. The molecule has 0 unspecified atom stereocenters. The van der Waals surface area contributed by atoms with Crippen LogP contribution in [0.3, 0.4) is 0 Å². The zero-order valence-electron chi connectivity index (χ0n) is 12.7. The van der Waals surface area contributed by atoms with Crippen LogP contribution in [0, 0.1) is 0 Å². The molecule has 3 N–H and O–H groups in total. The van der Waals surface area contributed by atoms with Gasteiger partial charge in [-0.3, -0.25) is 9.78 Å². The number of aromatic nitrogens is 4. The van der Waals surface area contributed by atoms with Crippen molar-refractivity contribution in [2.45, 2.75) is 5.16 Å². The van der Waals surface area contributed by atoms with E-state index in [1.165, 1.54) is 4.68 Å². The minimum absolute atomic E-state index is 0.124. The zero-order chi connectivity index (χ0) is 17.8. The van der Waals surface area contributed by atoms with E-state index in [-0.39, 0.29) is 11.7 Å². The minimum Gasteiger partial charge on any atom is -0.335 e. The molecule has 2 aromatic heterocycles. The molecule has 0 aliphatic rings. The SMILES string of the molecule is Nn1c(SCC(=O)Nc2cccnc2)nnc1-c1ccc(Cl)cc1Cl. The van der Waals surface area contributed by atoms with E-state index in [2.05, 4.69) is 20.5 Å². The van der Waals surface area contributed by atoms with E-state index in [9.17, 15) is 4.79 Å². The summed E-state index contributed by atoms with van der Waals surface area (Å²) in [5.41, 5.74) is 1.23. The van der Waals surface area contributed by atoms with Gasteiger partial charge in [-0.15, -0.1) is 10.2 Å². The van der Waals surface area contributed by atoms with Crippen molar-refractivity contribution in [1.82, 2.24) is 19.9 Å². The Bertz CT molecular complexity index is 902. The Hall–Kier alpha value is -2.29. The number of hydrogen-bond acceptors (Lipinski definition) is 6. The second-order valence-corrected chi connectivity index (χ2v) is 6.67. The largest absolute Gasteiger partial charge is 0.335 e. The third-order valence-corrected chi connectivity index (χ3v) is 4.61. The molecule has 0 radical (unpaired) electrons. The smallest absolute Gasteiger partial charge is 0.234 e. The monoisotopic (exact) mass is 394 g/mol. The molecule has 1 aromatic carbocycles. The van der Waals surface area contributed by atoms with E-state index >= 15 is 0 Å². The standard InChI is InChI=1S/C15H12Cl2N6OS/c16-9-3-4-11(12(17)6-9)14-21-22-15(23(14)18)25-8-13(24)20-10-2-1-5-19-7-10/h1-7H,8,18H2,(H,20,24). The molecule has 0 bridgehead atoms. The normalized spacial score (nSPS) is 10.6. The summed E-state index contributed by atoms with van der Waals surface area (Å²) in [4.78, 5) is 15.9. The second-order valence-electron chi connectivity index (χ2n) is 4.88. The Morgan fingerprint density at radius 2 is 2.12 bits per heavy atom.